The van der Waals surface area contributed by atoms with Gasteiger partial charge in [0.05, 0.1) is 6.10 Å². The lowest BCUT2D eigenvalue weighted by Gasteiger charge is -2.16. The molecule has 1 rings (SSSR count). The van der Waals surface area contributed by atoms with Gasteiger partial charge < -0.3 is 15.2 Å². The Kier molecular flexibility index (Phi) is 5.29. The quantitative estimate of drug-likeness (QED) is 0.771. The highest BCUT2D eigenvalue weighted by atomic mass is 16.5. The number of hydrogen-bond donors (Lipinski definition) is 2. The molecule has 90 valence electrons. The number of nitrogens with one attached hydrogen (secondary N) is 1. The van der Waals surface area contributed by atoms with Gasteiger partial charge in [0, 0.05) is 12.6 Å². The van der Waals surface area contributed by atoms with Crippen LogP contribution in [0.25, 0.3) is 0 Å². The fraction of sp³-hybridized carbons (Fsp3) is 0.538. The molecule has 0 aliphatic rings. The first-order chi connectivity index (χ1) is 7.58. The maximum atomic E-state index is 9.11. The lowest BCUT2D eigenvalue weighted by molar-refractivity contribution is 0.178. The Morgan fingerprint density at radius 2 is 1.88 bits per heavy atom. The Bertz CT molecular complexity index is 295. The Hall–Kier alpha value is -1.06. The van der Waals surface area contributed by atoms with Crippen LogP contribution in [0, 0.1) is 6.92 Å². The minimum atomic E-state index is -0.318. The van der Waals surface area contributed by atoms with Crippen LogP contribution in [0.5, 0.6) is 5.75 Å². The number of benzene rings is 1. The van der Waals surface area contributed by atoms with Crippen LogP contribution in [0.3, 0.4) is 0 Å². The van der Waals surface area contributed by atoms with E-state index in [0.29, 0.717) is 13.2 Å². The molecule has 0 aromatic heterocycles. The van der Waals surface area contributed by atoms with E-state index in [1.165, 1.54) is 5.56 Å². The van der Waals surface area contributed by atoms with E-state index >= 15 is 0 Å². The second kappa shape index (κ2) is 6.51. The van der Waals surface area contributed by atoms with Crippen molar-refractivity contribution < 1.29 is 9.84 Å². The molecule has 1 aromatic rings. The zero-order valence-corrected chi connectivity index (χ0v) is 10.2. The fourth-order valence-corrected chi connectivity index (χ4v) is 1.29. The summed E-state index contributed by atoms with van der Waals surface area (Å²) >= 11 is 0. The molecule has 0 aliphatic heterocycles. The predicted molar refractivity (Wildman–Crippen MR) is 65.8 cm³/mol. The second-order valence-electron chi connectivity index (χ2n) is 4.28. The molecule has 0 aliphatic carbocycles. The maximum Gasteiger partial charge on any atom is 0.119 e. The van der Waals surface area contributed by atoms with Crippen molar-refractivity contribution in [3.05, 3.63) is 29.8 Å². The minimum absolute atomic E-state index is 0.232. The SMILES string of the molecule is Cc1ccc(OCC(C)NCC(C)O)cc1. The Labute approximate surface area is 97.4 Å². The molecule has 3 heteroatoms. The third kappa shape index (κ3) is 5.14. The molecule has 0 bridgehead atoms. The average molecular weight is 223 g/mol. The first-order valence-corrected chi connectivity index (χ1v) is 5.69. The predicted octanol–water partition coefficient (Wildman–Crippen LogP) is 1.73. The summed E-state index contributed by atoms with van der Waals surface area (Å²) < 4.78 is 5.61. The number of ether oxygens (including phenoxy) is 1. The summed E-state index contributed by atoms with van der Waals surface area (Å²) in [6, 6.07) is 8.23. The lowest BCUT2D eigenvalue weighted by Crippen LogP contribution is -2.36. The third-order valence-corrected chi connectivity index (χ3v) is 2.28. The molecule has 0 radical (unpaired) electrons. The highest BCUT2D eigenvalue weighted by Crippen LogP contribution is 2.11. The Morgan fingerprint density at radius 1 is 1.25 bits per heavy atom. The van der Waals surface area contributed by atoms with Gasteiger partial charge in [-0.1, -0.05) is 17.7 Å². The van der Waals surface area contributed by atoms with Crippen molar-refractivity contribution in [2.24, 2.45) is 0 Å². The topological polar surface area (TPSA) is 41.5 Å². The molecule has 2 unspecified atom stereocenters. The zero-order chi connectivity index (χ0) is 12.0. The van der Waals surface area contributed by atoms with Crippen LogP contribution in [-0.2, 0) is 0 Å². The van der Waals surface area contributed by atoms with E-state index in [0.717, 1.165) is 5.75 Å². The van der Waals surface area contributed by atoms with Gasteiger partial charge in [-0.05, 0) is 32.9 Å². The van der Waals surface area contributed by atoms with Crippen LogP contribution >= 0.6 is 0 Å². The fourth-order valence-electron chi connectivity index (χ4n) is 1.29. The summed E-state index contributed by atoms with van der Waals surface area (Å²) in [6.45, 7) is 7.06. The highest BCUT2D eigenvalue weighted by molar-refractivity contribution is 5.26. The lowest BCUT2D eigenvalue weighted by atomic mass is 10.2. The molecule has 1 aromatic carbocycles. The molecule has 0 spiro atoms. The molecule has 0 heterocycles. The van der Waals surface area contributed by atoms with Gasteiger partial charge in [-0.3, -0.25) is 0 Å². The van der Waals surface area contributed by atoms with Crippen LogP contribution in [0.2, 0.25) is 0 Å². The summed E-state index contributed by atoms with van der Waals surface area (Å²) in [7, 11) is 0. The van der Waals surface area contributed by atoms with Crippen LogP contribution < -0.4 is 10.1 Å². The molecule has 0 saturated heterocycles. The van der Waals surface area contributed by atoms with Crippen LogP contribution in [0.15, 0.2) is 24.3 Å². The van der Waals surface area contributed by atoms with Crippen molar-refractivity contribution in [2.75, 3.05) is 13.2 Å². The zero-order valence-electron chi connectivity index (χ0n) is 10.2. The van der Waals surface area contributed by atoms with Gasteiger partial charge in [0.2, 0.25) is 0 Å². The van der Waals surface area contributed by atoms with E-state index in [1.807, 2.05) is 31.2 Å². The smallest absolute Gasteiger partial charge is 0.119 e. The molecular formula is C13H21NO2. The molecule has 0 saturated carbocycles. The second-order valence-corrected chi connectivity index (χ2v) is 4.28. The van der Waals surface area contributed by atoms with Gasteiger partial charge in [0.25, 0.3) is 0 Å². The van der Waals surface area contributed by atoms with E-state index in [4.69, 9.17) is 9.84 Å². The highest BCUT2D eigenvalue weighted by Gasteiger charge is 2.03. The van der Waals surface area contributed by atoms with E-state index < -0.39 is 0 Å². The third-order valence-electron chi connectivity index (χ3n) is 2.28. The van der Waals surface area contributed by atoms with Gasteiger partial charge >= 0.3 is 0 Å². The van der Waals surface area contributed by atoms with Crippen molar-refractivity contribution in [1.82, 2.24) is 5.32 Å². The van der Waals surface area contributed by atoms with Gasteiger partial charge in [-0.25, -0.2) is 0 Å². The summed E-state index contributed by atoms with van der Waals surface area (Å²) in [5.74, 6) is 0.885. The normalized spacial score (nSPS) is 14.5. The number of rotatable bonds is 6. The van der Waals surface area contributed by atoms with Crippen molar-refractivity contribution in [2.45, 2.75) is 32.9 Å². The standard InChI is InChI=1S/C13H21NO2/c1-10-4-6-13(7-5-10)16-9-11(2)14-8-12(3)15/h4-7,11-12,14-15H,8-9H2,1-3H3. The number of aliphatic hydroxyl groups is 1. The average Bonchev–Trinajstić information content (AvgIpc) is 2.25. The Balaban J connectivity index is 2.26. The summed E-state index contributed by atoms with van der Waals surface area (Å²) in [5, 5.41) is 12.3. The summed E-state index contributed by atoms with van der Waals surface area (Å²) in [6.07, 6.45) is -0.318. The molecule has 0 amide bonds. The van der Waals surface area contributed by atoms with Gasteiger partial charge in [0.1, 0.15) is 12.4 Å². The van der Waals surface area contributed by atoms with E-state index in [9.17, 15) is 0 Å². The van der Waals surface area contributed by atoms with E-state index in [2.05, 4.69) is 12.2 Å². The largest absolute Gasteiger partial charge is 0.492 e. The molecule has 16 heavy (non-hydrogen) atoms. The molecule has 3 nitrogen and oxygen atoms in total. The van der Waals surface area contributed by atoms with Crippen LogP contribution in [-0.4, -0.2) is 30.4 Å². The van der Waals surface area contributed by atoms with Crippen molar-refractivity contribution >= 4 is 0 Å². The summed E-state index contributed by atoms with van der Waals surface area (Å²) in [4.78, 5) is 0. The number of hydrogen-bond acceptors (Lipinski definition) is 3. The van der Waals surface area contributed by atoms with Crippen LogP contribution in [0.1, 0.15) is 19.4 Å². The van der Waals surface area contributed by atoms with E-state index in [1.54, 1.807) is 6.92 Å². The van der Waals surface area contributed by atoms with Crippen molar-refractivity contribution in [3.8, 4) is 5.75 Å². The van der Waals surface area contributed by atoms with Crippen molar-refractivity contribution in [3.63, 3.8) is 0 Å². The van der Waals surface area contributed by atoms with Crippen molar-refractivity contribution in [1.29, 1.82) is 0 Å². The van der Waals surface area contributed by atoms with Gasteiger partial charge in [-0.2, -0.15) is 0 Å². The molecule has 0 fully saturated rings. The first kappa shape index (κ1) is 13.0. The monoisotopic (exact) mass is 223 g/mol. The number of aliphatic hydroxyl groups excluding tert-OH is 1. The Morgan fingerprint density at radius 3 is 2.44 bits per heavy atom. The molecule has 2 N–H and O–H groups in total. The first-order valence-electron chi connectivity index (χ1n) is 5.69. The maximum absolute atomic E-state index is 9.11. The van der Waals surface area contributed by atoms with Crippen LogP contribution in [0.4, 0.5) is 0 Å². The number of aryl methyl sites for hydroxylation is 1. The summed E-state index contributed by atoms with van der Waals surface area (Å²) in [5.41, 5.74) is 1.23. The van der Waals surface area contributed by atoms with Gasteiger partial charge in [0.15, 0.2) is 0 Å². The van der Waals surface area contributed by atoms with Gasteiger partial charge in [-0.15, -0.1) is 0 Å². The van der Waals surface area contributed by atoms with E-state index in [-0.39, 0.29) is 12.1 Å². The minimum Gasteiger partial charge on any atom is -0.492 e. The molecule has 2 atom stereocenters. The molecular weight excluding hydrogens is 202 g/mol.